The normalized spacial score (nSPS) is 14.2. The van der Waals surface area contributed by atoms with E-state index in [4.69, 9.17) is 4.74 Å². The zero-order valence-corrected chi connectivity index (χ0v) is 7.93. The van der Waals surface area contributed by atoms with E-state index >= 15 is 0 Å². The molecule has 2 rings (SSSR count). The fourth-order valence-electron chi connectivity index (χ4n) is 1.49. The maximum Gasteiger partial charge on any atom is 0.249 e. The number of rotatable bonds is 2. The number of nitrogens with zero attached hydrogens (tertiary/aromatic N) is 3. The Labute approximate surface area is 81.7 Å². The molecule has 0 spiro atoms. The molecule has 0 bridgehead atoms. The lowest BCUT2D eigenvalue weighted by molar-refractivity contribution is -0.135. The van der Waals surface area contributed by atoms with Crippen LogP contribution in [-0.4, -0.2) is 34.5 Å². The van der Waals surface area contributed by atoms with Crippen LogP contribution in [0.4, 0.5) is 0 Å². The number of ether oxygens (including phenoxy) is 1. The van der Waals surface area contributed by atoms with Crippen molar-refractivity contribution in [2.45, 2.75) is 13.1 Å². The van der Waals surface area contributed by atoms with E-state index in [1.807, 2.05) is 0 Å². The third-order valence-corrected chi connectivity index (χ3v) is 2.20. The molecule has 14 heavy (non-hydrogen) atoms. The fraction of sp³-hybridized carbons (Fsp3) is 0.444. The van der Waals surface area contributed by atoms with E-state index in [9.17, 15) is 4.79 Å². The van der Waals surface area contributed by atoms with Crippen molar-refractivity contribution in [2.75, 3.05) is 13.7 Å². The van der Waals surface area contributed by atoms with Gasteiger partial charge in [-0.05, 0) is 0 Å². The molecule has 0 aliphatic carbocycles. The van der Waals surface area contributed by atoms with Gasteiger partial charge in [-0.15, -0.1) is 0 Å². The number of carbonyl (C=O) groups excluding carboxylic acids is 1. The molecule has 1 aromatic rings. The first-order chi connectivity index (χ1) is 6.81. The molecule has 1 amide bonds. The van der Waals surface area contributed by atoms with Gasteiger partial charge in [0.1, 0.15) is 12.9 Å². The third kappa shape index (κ3) is 1.58. The van der Waals surface area contributed by atoms with Crippen LogP contribution in [0.25, 0.3) is 0 Å². The van der Waals surface area contributed by atoms with Crippen LogP contribution in [0.2, 0.25) is 0 Å². The predicted molar refractivity (Wildman–Crippen MR) is 48.2 cm³/mol. The van der Waals surface area contributed by atoms with Crippen molar-refractivity contribution < 1.29 is 9.53 Å². The van der Waals surface area contributed by atoms with Crippen molar-refractivity contribution in [3.8, 4) is 0 Å². The average Bonchev–Trinajstić information content (AvgIpc) is 2.61. The molecule has 0 atom stereocenters. The standard InChI is InChI=1S/C9H11N3O2/c1-14-5-9(13)12-3-7-2-10-6-11-8(7)4-12/h2,6H,3-5H2,1H3. The van der Waals surface area contributed by atoms with Crippen LogP contribution in [-0.2, 0) is 22.6 Å². The predicted octanol–water partition coefficient (Wildman–Crippen LogP) is -0.0348. The number of aromatic nitrogens is 2. The molecular weight excluding hydrogens is 182 g/mol. The van der Waals surface area contributed by atoms with Crippen molar-refractivity contribution >= 4 is 5.91 Å². The highest BCUT2D eigenvalue weighted by molar-refractivity contribution is 5.78. The summed E-state index contributed by atoms with van der Waals surface area (Å²) in [5.41, 5.74) is 1.96. The van der Waals surface area contributed by atoms with Crippen molar-refractivity contribution in [3.05, 3.63) is 23.8 Å². The topological polar surface area (TPSA) is 55.3 Å². The highest BCUT2D eigenvalue weighted by atomic mass is 16.5. The van der Waals surface area contributed by atoms with Gasteiger partial charge in [0.15, 0.2) is 0 Å². The van der Waals surface area contributed by atoms with Gasteiger partial charge in [0.2, 0.25) is 5.91 Å². The van der Waals surface area contributed by atoms with Gasteiger partial charge in [0.25, 0.3) is 0 Å². The van der Waals surface area contributed by atoms with Crippen molar-refractivity contribution in [1.82, 2.24) is 14.9 Å². The maximum atomic E-state index is 11.5. The summed E-state index contributed by atoms with van der Waals surface area (Å²) in [5, 5.41) is 0. The lowest BCUT2D eigenvalue weighted by atomic mass is 10.3. The Morgan fingerprint density at radius 3 is 3.21 bits per heavy atom. The molecule has 5 heteroatoms. The van der Waals surface area contributed by atoms with E-state index in [2.05, 4.69) is 9.97 Å². The summed E-state index contributed by atoms with van der Waals surface area (Å²) in [4.78, 5) is 21.2. The fourth-order valence-corrected chi connectivity index (χ4v) is 1.49. The first-order valence-corrected chi connectivity index (χ1v) is 4.35. The molecule has 1 aliphatic heterocycles. The number of fused-ring (bicyclic) bond motifs is 1. The number of hydrogen-bond acceptors (Lipinski definition) is 4. The van der Waals surface area contributed by atoms with Gasteiger partial charge >= 0.3 is 0 Å². The molecule has 0 radical (unpaired) electrons. The molecule has 0 fully saturated rings. The summed E-state index contributed by atoms with van der Waals surface area (Å²) in [6.07, 6.45) is 3.26. The molecule has 1 aliphatic rings. The molecule has 5 nitrogen and oxygen atoms in total. The van der Waals surface area contributed by atoms with E-state index in [1.165, 1.54) is 13.4 Å². The van der Waals surface area contributed by atoms with Crippen LogP contribution in [0.5, 0.6) is 0 Å². The Kier molecular flexibility index (Phi) is 2.41. The monoisotopic (exact) mass is 193 g/mol. The molecule has 0 saturated carbocycles. The van der Waals surface area contributed by atoms with Crippen molar-refractivity contribution in [1.29, 1.82) is 0 Å². The lowest BCUT2D eigenvalue weighted by Gasteiger charge is -2.13. The molecule has 0 aromatic carbocycles. The SMILES string of the molecule is COCC(=O)N1Cc2cncnc2C1. The van der Waals surface area contributed by atoms with Gasteiger partial charge in [0.05, 0.1) is 12.2 Å². The van der Waals surface area contributed by atoms with Crippen molar-refractivity contribution in [3.63, 3.8) is 0 Å². The van der Waals surface area contributed by atoms with Crippen LogP contribution in [0, 0.1) is 0 Å². The number of methoxy groups -OCH3 is 1. The molecule has 1 aromatic heterocycles. The third-order valence-electron chi connectivity index (χ3n) is 2.20. The smallest absolute Gasteiger partial charge is 0.249 e. The number of carbonyl (C=O) groups is 1. The van der Waals surface area contributed by atoms with Crippen molar-refractivity contribution in [2.24, 2.45) is 0 Å². The molecule has 0 saturated heterocycles. The maximum absolute atomic E-state index is 11.5. The van der Waals surface area contributed by atoms with Crippen LogP contribution in [0.1, 0.15) is 11.3 Å². The first-order valence-electron chi connectivity index (χ1n) is 4.35. The molecule has 2 heterocycles. The summed E-state index contributed by atoms with van der Waals surface area (Å²) in [6, 6.07) is 0. The molecule has 74 valence electrons. The second kappa shape index (κ2) is 3.71. The summed E-state index contributed by atoms with van der Waals surface area (Å²) in [7, 11) is 1.51. The Balaban J connectivity index is 2.08. The minimum absolute atomic E-state index is 0.00880. The van der Waals surface area contributed by atoms with E-state index in [1.54, 1.807) is 11.1 Å². The minimum atomic E-state index is -0.00880. The highest BCUT2D eigenvalue weighted by Crippen LogP contribution is 2.18. The number of hydrogen-bond donors (Lipinski definition) is 0. The zero-order chi connectivity index (χ0) is 9.97. The molecule has 0 N–H and O–H groups in total. The Morgan fingerprint density at radius 1 is 1.64 bits per heavy atom. The van der Waals surface area contributed by atoms with E-state index in [0.717, 1.165) is 11.3 Å². The lowest BCUT2D eigenvalue weighted by Crippen LogP contribution is -2.28. The van der Waals surface area contributed by atoms with E-state index < -0.39 is 0 Å². The van der Waals surface area contributed by atoms with Gasteiger partial charge < -0.3 is 9.64 Å². The van der Waals surface area contributed by atoms with Crippen LogP contribution >= 0.6 is 0 Å². The Hall–Kier alpha value is -1.49. The summed E-state index contributed by atoms with van der Waals surface area (Å²) in [5.74, 6) is -0.00880. The van der Waals surface area contributed by atoms with Crippen LogP contribution in [0.3, 0.4) is 0 Å². The summed E-state index contributed by atoms with van der Waals surface area (Å²) < 4.78 is 4.79. The average molecular weight is 193 g/mol. The highest BCUT2D eigenvalue weighted by Gasteiger charge is 2.23. The zero-order valence-electron chi connectivity index (χ0n) is 7.93. The summed E-state index contributed by atoms with van der Waals surface area (Å²) in [6.45, 7) is 1.29. The van der Waals surface area contributed by atoms with Crippen LogP contribution in [0.15, 0.2) is 12.5 Å². The largest absolute Gasteiger partial charge is 0.375 e. The van der Waals surface area contributed by atoms with E-state index in [0.29, 0.717) is 13.1 Å². The van der Waals surface area contributed by atoms with Gasteiger partial charge in [-0.2, -0.15) is 0 Å². The molecular formula is C9H11N3O2. The second-order valence-electron chi connectivity index (χ2n) is 3.18. The van der Waals surface area contributed by atoms with E-state index in [-0.39, 0.29) is 12.5 Å². The second-order valence-corrected chi connectivity index (χ2v) is 3.18. The van der Waals surface area contributed by atoms with Gasteiger partial charge in [0, 0.05) is 25.4 Å². The Bertz CT molecular complexity index is 329. The molecule has 0 unspecified atom stereocenters. The van der Waals surface area contributed by atoms with Gasteiger partial charge in [-0.25, -0.2) is 9.97 Å². The van der Waals surface area contributed by atoms with Gasteiger partial charge in [-0.1, -0.05) is 0 Å². The van der Waals surface area contributed by atoms with Crippen LogP contribution < -0.4 is 0 Å². The summed E-state index contributed by atoms with van der Waals surface area (Å²) >= 11 is 0. The first kappa shape index (κ1) is 9.08. The quantitative estimate of drug-likeness (QED) is 0.661. The number of amides is 1. The minimum Gasteiger partial charge on any atom is -0.375 e. The van der Waals surface area contributed by atoms with Gasteiger partial charge in [-0.3, -0.25) is 4.79 Å². The Morgan fingerprint density at radius 2 is 2.50 bits per heavy atom.